The average Bonchev–Trinajstić information content (AvgIpc) is 2.73. The summed E-state index contributed by atoms with van der Waals surface area (Å²) in [6.07, 6.45) is 5.04. The van der Waals surface area contributed by atoms with Crippen molar-refractivity contribution in [1.29, 1.82) is 5.26 Å². The molecule has 4 unspecified atom stereocenters. The lowest BCUT2D eigenvalue weighted by Gasteiger charge is -2.21. The Hall–Kier alpha value is -1.01. The Kier molecular flexibility index (Phi) is 2.47. The van der Waals surface area contributed by atoms with Gasteiger partial charge in [-0.3, -0.25) is 4.79 Å². The van der Waals surface area contributed by atoms with E-state index in [-0.39, 0.29) is 23.7 Å². The Balaban J connectivity index is 2.14. The van der Waals surface area contributed by atoms with Crippen LogP contribution < -0.4 is 0 Å². The Morgan fingerprint density at radius 1 is 1.73 bits per heavy atom. The lowest BCUT2D eigenvalue weighted by atomic mass is 9.89. The Labute approximate surface area is 93.7 Å². The third-order valence-corrected chi connectivity index (χ3v) is 3.94. The van der Waals surface area contributed by atoms with Crippen LogP contribution in [-0.2, 0) is 9.53 Å². The minimum atomic E-state index is -0.807. The molecule has 4 atom stereocenters. The molecule has 0 heterocycles. The summed E-state index contributed by atoms with van der Waals surface area (Å²) < 4.78 is 4.65. The van der Waals surface area contributed by atoms with E-state index in [1.54, 1.807) is 0 Å². The minimum absolute atomic E-state index is 0.00623. The number of nitriles is 1. The van der Waals surface area contributed by atoms with Crippen molar-refractivity contribution in [1.82, 2.24) is 0 Å². The molecule has 0 saturated heterocycles. The monoisotopic (exact) mass is 225 g/mol. The van der Waals surface area contributed by atoms with Crippen LogP contribution in [0.25, 0.3) is 0 Å². The predicted molar refractivity (Wildman–Crippen MR) is 55.1 cm³/mol. The number of ether oxygens (including phenoxy) is 1. The summed E-state index contributed by atoms with van der Waals surface area (Å²) in [7, 11) is 1.38. The molecule has 0 aromatic heterocycles. The van der Waals surface area contributed by atoms with Crippen molar-refractivity contribution in [3.05, 3.63) is 12.2 Å². The molecule has 0 aromatic carbocycles. The van der Waals surface area contributed by atoms with Gasteiger partial charge in [0.15, 0.2) is 0 Å². The van der Waals surface area contributed by atoms with Gasteiger partial charge < -0.3 is 4.74 Å². The second-order valence-electron chi connectivity index (χ2n) is 4.20. The fraction of sp³-hybridized carbons (Fsp3) is 0.636. The first kappa shape index (κ1) is 10.5. The first-order valence-electron chi connectivity index (χ1n) is 4.96. The van der Waals surface area contributed by atoms with E-state index in [9.17, 15) is 4.79 Å². The fourth-order valence-electron chi connectivity index (χ4n) is 2.68. The summed E-state index contributed by atoms with van der Waals surface area (Å²) in [5, 5.41) is 9.02. The van der Waals surface area contributed by atoms with Gasteiger partial charge in [-0.25, -0.2) is 0 Å². The maximum atomic E-state index is 11.2. The van der Waals surface area contributed by atoms with Crippen LogP contribution in [0.4, 0.5) is 0 Å². The lowest BCUT2D eigenvalue weighted by Crippen LogP contribution is -2.26. The van der Waals surface area contributed by atoms with Crippen LogP contribution in [0.2, 0.25) is 0 Å². The molecule has 4 heteroatoms. The molecule has 1 saturated carbocycles. The molecule has 0 N–H and O–H groups in total. The summed E-state index contributed by atoms with van der Waals surface area (Å²) in [5.74, 6) is 0.173. The van der Waals surface area contributed by atoms with Gasteiger partial charge in [0.2, 0.25) is 0 Å². The molecular formula is C11H12ClNO2. The zero-order valence-electron chi connectivity index (χ0n) is 8.44. The van der Waals surface area contributed by atoms with Crippen molar-refractivity contribution in [3.8, 4) is 6.07 Å². The van der Waals surface area contributed by atoms with Crippen molar-refractivity contribution in [2.45, 2.75) is 17.7 Å². The van der Waals surface area contributed by atoms with Crippen LogP contribution >= 0.6 is 11.6 Å². The van der Waals surface area contributed by atoms with Crippen LogP contribution in [0.3, 0.4) is 0 Å². The SMILES string of the molecule is COC(=O)CC1C2C=CC1C(Cl)(C#N)C2. The zero-order chi connectivity index (χ0) is 11.1. The number of esters is 1. The summed E-state index contributed by atoms with van der Waals surface area (Å²) in [6.45, 7) is 0. The fourth-order valence-corrected chi connectivity index (χ4v) is 3.09. The molecule has 0 spiro atoms. The summed E-state index contributed by atoms with van der Waals surface area (Å²) in [5.41, 5.74) is 0. The van der Waals surface area contributed by atoms with Gasteiger partial charge in [0.05, 0.1) is 13.2 Å². The molecule has 3 nitrogen and oxygen atoms in total. The van der Waals surface area contributed by atoms with Crippen LogP contribution in [0.5, 0.6) is 0 Å². The van der Waals surface area contributed by atoms with E-state index in [1.807, 2.05) is 6.08 Å². The third kappa shape index (κ3) is 1.53. The molecule has 0 amide bonds. The summed E-state index contributed by atoms with van der Waals surface area (Å²) in [6, 6.07) is 2.16. The molecule has 80 valence electrons. The maximum absolute atomic E-state index is 11.2. The van der Waals surface area contributed by atoms with Gasteiger partial charge in [-0.2, -0.15) is 5.26 Å². The number of hydrogen-bond donors (Lipinski definition) is 0. The van der Waals surface area contributed by atoms with Crippen LogP contribution in [-0.4, -0.2) is 18.0 Å². The quantitative estimate of drug-likeness (QED) is 0.410. The number of alkyl halides is 1. The molecule has 2 aliphatic rings. The lowest BCUT2D eigenvalue weighted by molar-refractivity contribution is -0.142. The molecule has 0 aromatic rings. The Morgan fingerprint density at radius 3 is 3.00 bits per heavy atom. The highest BCUT2D eigenvalue weighted by Crippen LogP contribution is 2.54. The van der Waals surface area contributed by atoms with Gasteiger partial charge in [-0.1, -0.05) is 12.2 Å². The van der Waals surface area contributed by atoms with Gasteiger partial charge in [0.25, 0.3) is 0 Å². The number of rotatable bonds is 2. The number of carbonyl (C=O) groups is 1. The van der Waals surface area contributed by atoms with Gasteiger partial charge >= 0.3 is 5.97 Å². The van der Waals surface area contributed by atoms with E-state index in [0.717, 1.165) is 0 Å². The largest absolute Gasteiger partial charge is 0.469 e. The highest BCUT2D eigenvalue weighted by molar-refractivity contribution is 6.26. The van der Waals surface area contributed by atoms with Crippen molar-refractivity contribution in [3.63, 3.8) is 0 Å². The second-order valence-corrected chi connectivity index (χ2v) is 4.87. The number of carbonyl (C=O) groups excluding carboxylic acids is 1. The zero-order valence-corrected chi connectivity index (χ0v) is 9.20. The Morgan fingerprint density at radius 2 is 2.47 bits per heavy atom. The van der Waals surface area contributed by atoms with Crippen molar-refractivity contribution >= 4 is 17.6 Å². The number of halogens is 1. The summed E-state index contributed by atoms with van der Waals surface area (Å²) >= 11 is 6.21. The van der Waals surface area contributed by atoms with Crippen LogP contribution in [0.15, 0.2) is 12.2 Å². The number of hydrogen-bond acceptors (Lipinski definition) is 3. The second kappa shape index (κ2) is 3.53. The molecule has 2 rings (SSSR count). The molecule has 2 aliphatic carbocycles. The molecule has 0 radical (unpaired) electrons. The van der Waals surface area contributed by atoms with Crippen LogP contribution in [0, 0.1) is 29.1 Å². The first-order valence-corrected chi connectivity index (χ1v) is 5.34. The number of methoxy groups -OCH3 is 1. The van der Waals surface area contributed by atoms with Gasteiger partial charge in [0, 0.05) is 12.3 Å². The van der Waals surface area contributed by atoms with Crippen molar-refractivity contribution < 1.29 is 9.53 Å². The average molecular weight is 226 g/mol. The van der Waals surface area contributed by atoms with Crippen molar-refractivity contribution in [2.75, 3.05) is 7.11 Å². The normalized spacial score (nSPS) is 41.5. The number of allylic oxidation sites excluding steroid dienone is 2. The van der Waals surface area contributed by atoms with E-state index in [2.05, 4.69) is 16.9 Å². The third-order valence-electron chi connectivity index (χ3n) is 3.45. The highest BCUT2D eigenvalue weighted by Gasteiger charge is 2.54. The predicted octanol–water partition coefficient (Wildman–Crippen LogP) is 1.87. The van der Waals surface area contributed by atoms with E-state index in [0.29, 0.717) is 12.8 Å². The molecule has 2 bridgehead atoms. The Bertz CT molecular complexity index is 360. The summed E-state index contributed by atoms with van der Waals surface area (Å²) in [4.78, 5) is 10.4. The van der Waals surface area contributed by atoms with E-state index < -0.39 is 4.87 Å². The van der Waals surface area contributed by atoms with Crippen molar-refractivity contribution in [2.24, 2.45) is 17.8 Å². The number of fused-ring (bicyclic) bond motifs is 2. The minimum Gasteiger partial charge on any atom is -0.469 e. The van der Waals surface area contributed by atoms with Crippen LogP contribution in [0.1, 0.15) is 12.8 Å². The smallest absolute Gasteiger partial charge is 0.305 e. The van der Waals surface area contributed by atoms with E-state index in [1.165, 1.54) is 7.11 Å². The molecule has 0 aliphatic heterocycles. The van der Waals surface area contributed by atoms with Gasteiger partial charge in [-0.15, -0.1) is 11.6 Å². The standard InChI is InChI=1S/C11H12ClNO2/c1-15-10(14)4-8-7-2-3-9(8)11(12,5-7)6-13/h2-3,7-9H,4-5H2,1H3. The maximum Gasteiger partial charge on any atom is 0.305 e. The molecular weight excluding hydrogens is 214 g/mol. The topological polar surface area (TPSA) is 50.1 Å². The first-order chi connectivity index (χ1) is 7.10. The molecule has 15 heavy (non-hydrogen) atoms. The number of nitrogens with zero attached hydrogens (tertiary/aromatic N) is 1. The van der Waals surface area contributed by atoms with E-state index >= 15 is 0 Å². The van der Waals surface area contributed by atoms with Gasteiger partial charge in [-0.05, 0) is 18.3 Å². The van der Waals surface area contributed by atoms with Gasteiger partial charge in [0.1, 0.15) is 4.87 Å². The highest BCUT2D eigenvalue weighted by atomic mass is 35.5. The molecule has 1 fully saturated rings. The van der Waals surface area contributed by atoms with E-state index in [4.69, 9.17) is 16.9 Å².